The molecule has 0 saturated carbocycles. The van der Waals surface area contributed by atoms with E-state index in [4.69, 9.17) is 0 Å². The number of hydrogen-bond donors (Lipinski definition) is 2. The van der Waals surface area contributed by atoms with Gasteiger partial charge in [0.25, 0.3) is 0 Å². The van der Waals surface area contributed by atoms with E-state index in [2.05, 4.69) is 41.6 Å². The highest BCUT2D eigenvalue weighted by Crippen LogP contribution is 2.29. The molecule has 0 saturated heterocycles. The van der Waals surface area contributed by atoms with Gasteiger partial charge in [-0.05, 0) is 32.4 Å². The quantitative estimate of drug-likeness (QED) is 0.562. The fraction of sp³-hybridized carbons (Fsp3) is 0.250. The lowest BCUT2D eigenvalue weighted by molar-refractivity contribution is -0.113. The summed E-state index contributed by atoms with van der Waals surface area (Å²) < 4.78 is 0.772. The zero-order chi connectivity index (χ0) is 19.3. The van der Waals surface area contributed by atoms with E-state index in [-0.39, 0.29) is 17.2 Å². The van der Waals surface area contributed by atoms with E-state index in [1.54, 1.807) is 0 Å². The van der Waals surface area contributed by atoms with Gasteiger partial charge in [0.05, 0.1) is 5.75 Å². The number of amides is 1. The van der Waals surface area contributed by atoms with Crippen LogP contribution in [0.1, 0.15) is 20.8 Å². The Labute approximate surface area is 167 Å². The van der Waals surface area contributed by atoms with Crippen LogP contribution >= 0.6 is 23.1 Å². The molecular weight excluding hydrogens is 376 g/mol. The number of rotatable bonds is 6. The van der Waals surface area contributed by atoms with Gasteiger partial charge in [-0.3, -0.25) is 4.79 Å². The Morgan fingerprint density at radius 1 is 1.04 bits per heavy atom. The van der Waals surface area contributed by atoms with Crippen molar-refractivity contribution in [2.45, 2.75) is 30.6 Å². The Morgan fingerprint density at radius 3 is 2.48 bits per heavy atom. The van der Waals surface area contributed by atoms with Crippen LogP contribution < -0.4 is 10.6 Å². The molecule has 2 N–H and O–H groups in total. The van der Waals surface area contributed by atoms with Crippen LogP contribution in [0.25, 0.3) is 11.1 Å². The third-order valence-corrected chi connectivity index (χ3v) is 5.47. The summed E-state index contributed by atoms with van der Waals surface area (Å²) >= 11 is 2.85. The first-order chi connectivity index (χ1) is 12.9. The molecule has 2 aromatic carbocycles. The van der Waals surface area contributed by atoms with Crippen LogP contribution in [0.5, 0.6) is 0 Å². The van der Waals surface area contributed by atoms with Gasteiger partial charge >= 0.3 is 0 Å². The standard InChI is InChI=1S/C20H22N4OS2/c1-20(2,3)22-18-23-24-19(27-18)26-13-17(25)21-16-12-8-7-11-15(16)14-9-5-4-6-10-14/h4-12H,13H2,1-3H3,(H,21,25)(H,22,23). The van der Waals surface area contributed by atoms with Gasteiger partial charge in [-0.25, -0.2) is 0 Å². The van der Waals surface area contributed by atoms with Gasteiger partial charge in [0.15, 0.2) is 4.34 Å². The van der Waals surface area contributed by atoms with Crippen molar-refractivity contribution in [3.05, 3.63) is 54.6 Å². The minimum absolute atomic E-state index is 0.0658. The normalized spacial score (nSPS) is 11.2. The van der Waals surface area contributed by atoms with Crippen LogP contribution in [0, 0.1) is 0 Å². The van der Waals surface area contributed by atoms with Crippen LogP contribution in [0.4, 0.5) is 10.8 Å². The second-order valence-corrected chi connectivity index (χ2v) is 9.20. The largest absolute Gasteiger partial charge is 0.355 e. The second-order valence-electron chi connectivity index (χ2n) is 7.00. The molecule has 1 aromatic heterocycles. The Bertz CT molecular complexity index is 904. The number of thioether (sulfide) groups is 1. The number of aromatic nitrogens is 2. The molecule has 0 fully saturated rings. The van der Waals surface area contributed by atoms with Gasteiger partial charge < -0.3 is 10.6 Å². The van der Waals surface area contributed by atoms with Crippen LogP contribution in [0.3, 0.4) is 0 Å². The molecule has 5 nitrogen and oxygen atoms in total. The average molecular weight is 399 g/mol. The maximum absolute atomic E-state index is 12.4. The molecule has 1 amide bonds. The van der Waals surface area contributed by atoms with Gasteiger partial charge in [-0.2, -0.15) is 0 Å². The van der Waals surface area contributed by atoms with Crippen molar-refractivity contribution in [3.8, 4) is 11.1 Å². The van der Waals surface area contributed by atoms with Crippen LogP contribution in [0.2, 0.25) is 0 Å². The molecular formula is C20H22N4OS2. The highest BCUT2D eigenvalue weighted by Gasteiger charge is 2.14. The van der Waals surface area contributed by atoms with E-state index in [0.717, 1.165) is 26.3 Å². The molecule has 0 radical (unpaired) electrons. The van der Waals surface area contributed by atoms with E-state index in [0.29, 0.717) is 0 Å². The van der Waals surface area contributed by atoms with Gasteiger partial charge in [0, 0.05) is 16.8 Å². The van der Waals surface area contributed by atoms with Gasteiger partial charge in [-0.1, -0.05) is 71.6 Å². The number of carbonyl (C=O) groups is 1. The summed E-state index contributed by atoms with van der Waals surface area (Å²) in [6.07, 6.45) is 0. The summed E-state index contributed by atoms with van der Waals surface area (Å²) in [5.74, 6) is 0.219. The summed E-state index contributed by atoms with van der Waals surface area (Å²) in [5, 5.41) is 15.3. The molecule has 27 heavy (non-hydrogen) atoms. The Kier molecular flexibility index (Phi) is 6.13. The van der Waals surface area contributed by atoms with E-state index < -0.39 is 0 Å². The predicted molar refractivity (Wildman–Crippen MR) is 115 cm³/mol. The maximum Gasteiger partial charge on any atom is 0.234 e. The SMILES string of the molecule is CC(C)(C)Nc1nnc(SCC(=O)Nc2ccccc2-c2ccccc2)s1. The lowest BCUT2D eigenvalue weighted by Gasteiger charge is -2.18. The van der Waals surface area contributed by atoms with Crippen LogP contribution in [0.15, 0.2) is 58.9 Å². The zero-order valence-corrected chi connectivity index (χ0v) is 17.2. The third-order valence-electron chi connectivity index (χ3n) is 3.50. The number of benzene rings is 2. The molecule has 3 aromatic rings. The molecule has 0 aliphatic rings. The molecule has 0 bridgehead atoms. The van der Waals surface area contributed by atoms with Crippen molar-refractivity contribution in [2.24, 2.45) is 0 Å². The summed E-state index contributed by atoms with van der Waals surface area (Å²) in [6.45, 7) is 6.20. The van der Waals surface area contributed by atoms with Crippen molar-refractivity contribution in [2.75, 3.05) is 16.4 Å². The number of para-hydroxylation sites is 1. The first-order valence-corrected chi connectivity index (χ1v) is 10.4. The van der Waals surface area contributed by atoms with Crippen molar-refractivity contribution in [3.63, 3.8) is 0 Å². The highest BCUT2D eigenvalue weighted by molar-refractivity contribution is 8.01. The van der Waals surface area contributed by atoms with Crippen LogP contribution in [-0.2, 0) is 4.79 Å². The topological polar surface area (TPSA) is 66.9 Å². The Morgan fingerprint density at radius 2 is 1.74 bits per heavy atom. The average Bonchev–Trinajstić information content (AvgIpc) is 3.07. The highest BCUT2D eigenvalue weighted by atomic mass is 32.2. The minimum atomic E-state index is -0.0695. The number of anilines is 2. The fourth-order valence-electron chi connectivity index (χ4n) is 2.41. The van der Waals surface area contributed by atoms with Gasteiger partial charge in [-0.15, -0.1) is 10.2 Å². The Balaban J connectivity index is 1.61. The fourth-order valence-corrected chi connectivity index (χ4v) is 4.18. The minimum Gasteiger partial charge on any atom is -0.355 e. The first-order valence-electron chi connectivity index (χ1n) is 8.59. The summed E-state index contributed by atoms with van der Waals surface area (Å²) in [7, 11) is 0. The zero-order valence-electron chi connectivity index (χ0n) is 15.5. The predicted octanol–water partition coefficient (Wildman–Crippen LogP) is 5.15. The summed E-state index contributed by atoms with van der Waals surface area (Å²) in [5.41, 5.74) is 2.81. The van der Waals surface area contributed by atoms with Crippen molar-refractivity contribution >= 4 is 39.8 Å². The molecule has 0 aliphatic carbocycles. The van der Waals surface area contributed by atoms with Crippen molar-refractivity contribution in [1.82, 2.24) is 10.2 Å². The van der Waals surface area contributed by atoms with Crippen molar-refractivity contribution < 1.29 is 4.79 Å². The monoisotopic (exact) mass is 398 g/mol. The van der Waals surface area contributed by atoms with Gasteiger partial charge in [0.1, 0.15) is 0 Å². The summed E-state index contributed by atoms with van der Waals surface area (Å²) in [4.78, 5) is 12.4. The van der Waals surface area contributed by atoms with E-state index in [1.165, 1.54) is 23.1 Å². The maximum atomic E-state index is 12.4. The van der Waals surface area contributed by atoms with Crippen LogP contribution in [-0.4, -0.2) is 27.4 Å². The number of nitrogens with zero attached hydrogens (tertiary/aromatic N) is 2. The molecule has 7 heteroatoms. The number of hydrogen-bond acceptors (Lipinski definition) is 6. The van der Waals surface area contributed by atoms with E-state index in [9.17, 15) is 4.79 Å². The van der Waals surface area contributed by atoms with Gasteiger partial charge in [0.2, 0.25) is 11.0 Å². The third kappa shape index (κ3) is 5.80. The smallest absolute Gasteiger partial charge is 0.234 e. The summed E-state index contributed by atoms with van der Waals surface area (Å²) in [6, 6.07) is 17.8. The number of nitrogens with one attached hydrogen (secondary N) is 2. The molecule has 0 atom stereocenters. The molecule has 0 unspecified atom stereocenters. The molecule has 0 spiro atoms. The molecule has 1 heterocycles. The number of carbonyl (C=O) groups excluding carboxylic acids is 1. The second kappa shape index (κ2) is 8.54. The first kappa shape index (κ1) is 19.4. The molecule has 3 rings (SSSR count). The molecule has 0 aliphatic heterocycles. The lowest BCUT2D eigenvalue weighted by atomic mass is 10.0. The van der Waals surface area contributed by atoms with Crippen molar-refractivity contribution in [1.29, 1.82) is 0 Å². The Hall–Kier alpha value is -2.38. The molecule has 140 valence electrons. The van der Waals surface area contributed by atoms with E-state index in [1.807, 2.05) is 54.6 Å². The van der Waals surface area contributed by atoms with E-state index >= 15 is 0 Å². The lowest BCUT2D eigenvalue weighted by Crippen LogP contribution is -2.25.